The first kappa shape index (κ1) is 17.3. The van der Waals surface area contributed by atoms with Crippen molar-refractivity contribution < 1.29 is 4.74 Å². The minimum Gasteiger partial charge on any atom is -0.497 e. The number of methoxy groups -OCH3 is 1. The van der Waals surface area contributed by atoms with Crippen LogP contribution in [0.15, 0.2) is 71.5 Å². The number of hydrogen-bond donors (Lipinski definition) is 1. The standard InChI is InChI=1S/C20H19N5O/c1-15(12-16-6-4-3-5-7-16)13-21-24-20-23-19(14-22-25-20)17-8-10-18(26-2)11-9-17/h3-14H,1-2H3,(H,23,24,25)/b15-12+,21-13?. The Morgan fingerprint density at radius 3 is 2.58 bits per heavy atom. The molecule has 3 aromatic rings. The molecule has 6 heteroatoms. The average molecular weight is 345 g/mol. The Balaban J connectivity index is 1.67. The fourth-order valence-electron chi connectivity index (χ4n) is 2.29. The average Bonchev–Trinajstić information content (AvgIpc) is 2.69. The van der Waals surface area contributed by atoms with Crippen LogP contribution in [0.3, 0.4) is 0 Å². The summed E-state index contributed by atoms with van der Waals surface area (Å²) < 4.78 is 5.16. The van der Waals surface area contributed by atoms with Crippen LogP contribution in [0.4, 0.5) is 5.95 Å². The van der Waals surface area contributed by atoms with Crippen molar-refractivity contribution in [2.75, 3.05) is 12.5 Å². The molecule has 0 amide bonds. The summed E-state index contributed by atoms with van der Waals surface area (Å²) in [5, 5.41) is 12.1. The Morgan fingerprint density at radius 2 is 1.85 bits per heavy atom. The fraction of sp³-hybridized carbons (Fsp3) is 0.100. The van der Waals surface area contributed by atoms with Crippen molar-refractivity contribution >= 4 is 18.2 Å². The Kier molecular flexibility index (Phi) is 5.67. The van der Waals surface area contributed by atoms with Crippen molar-refractivity contribution in [2.45, 2.75) is 6.92 Å². The summed E-state index contributed by atoms with van der Waals surface area (Å²) >= 11 is 0. The van der Waals surface area contributed by atoms with Gasteiger partial charge in [-0.3, -0.25) is 0 Å². The number of hydrogen-bond acceptors (Lipinski definition) is 6. The van der Waals surface area contributed by atoms with Crippen molar-refractivity contribution in [3.8, 4) is 17.0 Å². The number of rotatable bonds is 6. The van der Waals surface area contributed by atoms with E-state index in [2.05, 4.69) is 25.7 Å². The largest absolute Gasteiger partial charge is 0.497 e. The zero-order valence-corrected chi connectivity index (χ0v) is 14.6. The summed E-state index contributed by atoms with van der Waals surface area (Å²) in [5.74, 6) is 1.13. The van der Waals surface area contributed by atoms with Crippen LogP contribution in [-0.2, 0) is 0 Å². The van der Waals surface area contributed by atoms with Gasteiger partial charge < -0.3 is 4.74 Å². The van der Waals surface area contributed by atoms with Gasteiger partial charge >= 0.3 is 0 Å². The molecule has 0 saturated heterocycles. The SMILES string of the molecule is COc1ccc(-c2cnnc(NN=C/C(C)=C/c3ccccc3)n2)cc1. The molecule has 1 aromatic heterocycles. The molecule has 6 nitrogen and oxygen atoms in total. The molecular formula is C20H19N5O. The summed E-state index contributed by atoms with van der Waals surface area (Å²) in [5.41, 5.74) is 6.57. The fourth-order valence-corrected chi connectivity index (χ4v) is 2.29. The monoisotopic (exact) mass is 345 g/mol. The zero-order chi connectivity index (χ0) is 18.2. The lowest BCUT2D eigenvalue weighted by atomic mass is 10.1. The smallest absolute Gasteiger partial charge is 0.263 e. The minimum absolute atomic E-state index is 0.335. The summed E-state index contributed by atoms with van der Waals surface area (Å²) in [6, 6.07) is 17.7. The highest BCUT2D eigenvalue weighted by atomic mass is 16.5. The lowest BCUT2D eigenvalue weighted by Gasteiger charge is -2.04. The van der Waals surface area contributed by atoms with Crippen molar-refractivity contribution in [3.05, 3.63) is 71.9 Å². The van der Waals surface area contributed by atoms with Crippen molar-refractivity contribution in [1.29, 1.82) is 0 Å². The number of benzene rings is 2. The van der Waals surface area contributed by atoms with E-state index in [1.54, 1.807) is 19.5 Å². The maximum Gasteiger partial charge on any atom is 0.263 e. The first-order valence-electron chi connectivity index (χ1n) is 8.11. The molecule has 1 heterocycles. The van der Waals surface area contributed by atoms with Gasteiger partial charge in [0, 0.05) is 5.56 Å². The summed E-state index contributed by atoms with van der Waals surface area (Å²) in [6.45, 7) is 1.98. The van der Waals surface area contributed by atoms with Gasteiger partial charge in [-0.15, -0.1) is 5.10 Å². The van der Waals surface area contributed by atoms with Crippen LogP contribution >= 0.6 is 0 Å². The molecule has 0 bridgehead atoms. The van der Waals surface area contributed by atoms with Gasteiger partial charge in [0.1, 0.15) is 5.75 Å². The Morgan fingerprint density at radius 1 is 1.08 bits per heavy atom. The van der Waals surface area contributed by atoms with Crippen LogP contribution in [0.1, 0.15) is 12.5 Å². The number of anilines is 1. The van der Waals surface area contributed by atoms with Crippen molar-refractivity contribution in [2.24, 2.45) is 5.10 Å². The summed E-state index contributed by atoms with van der Waals surface area (Å²) in [4.78, 5) is 4.42. The molecule has 130 valence electrons. The van der Waals surface area contributed by atoms with E-state index in [0.717, 1.165) is 22.4 Å². The predicted molar refractivity (Wildman–Crippen MR) is 104 cm³/mol. The van der Waals surface area contributed by atoms with Crippen LogP contribution in [-0.4, -0.2) is 28.5 Å². The molecule has 0 saturated carbocycles. The highest BCUT2D eigenvalue weighted by Crippen LogP contribution is 2.20. The molecule has 0 unspecified atom stereocenters. The normalized spacial score (nSPS) is 11.5. The molecule has 0 aliphatic heterocycles. The van der Waals surface area contributed by atoms with Crippen LogP contribution < -0.4 is 10.2 Å². The highest BCUT2D eigenvalue weighted by Gasteiger charge is 2.03. The molecule has 0 aliphatic rings. The Bertz CT molecular complexity index is 905. The number of allylic oxidation sites excluding steroid dienone is 1. The van der Waals surface area contributed by atoms with E-state index < -0.39 is 0 Å². The van der Waals surface area contributed by atoms with E-state index in [1.165, 1.54) is 0 Å². The van der Waals surface area contributed by atoms with E-state index in [9.17, 15) is 0 Å². The molecular weight excluding hydrogens is 326 g/mol. The number of hydrazone groups is 1. The molecule has 0 radical (unpaired) electrons. The van der Waals surface area contributed by atoms with Crippen molar-refractivity contribution in [1.82, 2.24) is 15.2 Å². The maximum atomic E-state index is 5.16. The molecule has 0 spiro atoms. The summed E-state index contributed by atoms with van der Waals surface area (Å²) in [6.07, 6.45) is 5.37. The van der Waals surface area contributed by atoms with Gasteiger partial charge in [0.15, 0.2) is 0 Å². The highest BCUT2D eigenvalue weighted by molar-refractivity contribution is 5.85. The molecule has 2 aromatic carbocycles. The maximum absolute atomic E-state index is 5.16. The molecule has 0 aliphatic carbocycles. The van der Waals surface area contributed by atoms with Crippen LogP contribution in [0, 0.1) is 0 Å². The third kappa shape index (κ3) is 4.73. The molecule has 3 rings (SSSR count). The Labute approximate surface area is 152 Å². The van der Waals surface area contributed by atoms with E-state index in [-0.39, 0.29) is 0 Å². The third-order valence-electron chi connectivity index (χ3n) is 3.57. The van der Waals surface area contributed by atoms with E-state index in [4.69, 9.17) is 4.74 Å². The predicted octanol–water partition coefficient (Wildman–Crippen LogP) is 4.05. The lowest BCUT2D eigenvalue weighted by molar-refractivity contribution is 0.415. The summed E-state index contributed by atoms with van der Waals surface area (Å²) in [7, 11) is 1.63. The van der Waals surface area contributed by atoms with E-state index in [1.807, 2.05) is 67.6 Å². The second kappa shape index (κ2) is 8.53. The number of nitrogens with zero attached hydrogens (tertiary/aromatic N) is 4. The van der Waals surface area contributed by atoms with Gasteiger partial charge in [-0.25, -0.2) is 10.4 Å². The van der Waals surface area contributed by atoms with Crippen LogP contribution in [0.2, 0.25) is 0 Å². The van der Waals surface area contributed by atoms with Gasteiger partial charge in [-0.1, -0.05) is 36.4 Å². The zero-order valence-electron chi connectivity index (χ0n) is 14.6. The van der Waals surface area contributed by atoms with Crippen molar-refractivity contribution in [3.63, 3.8) is 0 Å². The first-order chi connectivity index (χ1) is 12.7. The third-order valence-corrected chi connectivity index (χ3v) is 3.57. The number of aromatic nitrogens is 3. The topological polar surface area (TPSA) is 72.3 Å². The van der Waals surface area contributed by atoms with E-state index >= 15 is 0 Å². The lowest BCUT2D eigenvalue weighted by Crippen LogP contribution is -2.00. The Hall–Kier alpha value is -3.54. The quantitative estimate of drug-likeness (QED) is 0.539. The molecule has 1 N–H and O–H groups in total. The molecule has 26 heavy (non-hydrogen) atoms. The van der Waals surface area contributed by atoms with Gasteiger partial charge in [-0.2, -0.15) is 10.2 Å². The minimum atomic E-state index is 0.335. The first-order valence-corrected chi connectivity index (χ1v) is 8.11. The number of ether oxygens (including phenoxy) is 1. The van der Waals surface area contributed by atoms with Crippen LogP contribution in [0.5, 0.6) is 5.75 Å². The van der Waals surface area contributed by atoms with Gasteiger partial charge in [0.05, 0.1) is 25.2 Å². The second-order valence-electron chi connectivity index (χ2n) is 5.56. The molecule has 0 atom stereocenters. The van der Waals surface area contributed by atoms with Gasteiger partial charge in [0.25, 0.3) is 5.95 Å². The van der Waals surface area contributed by atoms with Gasteiger partial charge in [0.2, 0.25) is 0 Å². The van der Waals surface area contributed by atoms with Crippen LogP contribution in [0.25, 0.3) is 17.3 Å². The molecule has 0 fully saturated rings. The van der Waals surface area contributed by atoms with Gasteiger partial charge in [-0.05, 0) is 42.3 Å². The number of nitrogens with one attached hydrogen (secondary N) is 1. The second-order valence-corrected chi connectivity index (χ2v) is 5.56. The van der Waals surface area contributed by atoms with E-state index in [0.29, 0.717) is 11.6 Å².